The van der Waals surface area contributed by atoms with Crippen molar-refractivity contribution in [2.45, 2.75) is 12.3 Å². The lowest BCUT2D eigenvalue weighted by Crippen LogP contribution is -2.16. The fourth-order valence-electron chi connectivity index (χ4n) is 2.62. The summed E-state index contributed by atoms with van der Waals surface area (Å²) in [7, 11) is -3.12. The SMILES string of the molecule is CS(=O)(=O)Cc1ccc(C(=O)Nc2ccnn2Cc2ccc(Cl)cc2Cl)cc1. The van der Waals surface area contributed by atoms with Gasteiger partial charge in [0.25, 0.3) is 5.91 Å². The van der Waals surface area contributed by atoms with Crippen molar-refractivity contribution in [1.29, 1.82) is 0 Å². The van der Waals surface area contributed by atoms with Crippen LogP contribution in [0.1, 0.15) is 21.5 Å². The first kappa shape index (κ1) is 20.4. The van der Waals surface area contributed by atoms with E-state index in [1.54, 1.807) is 59.4 Å². The number of anilines is 1. The van der Waals surface area contributed by atoms with Crippen molar-refractivity contribution in [2.75, 3.05) is 11.6 Å². The van der Waals surface area contributed by atoms with Crippen LogP contribution in [0.25, 0.3) is 0 Å². The first-order chi connectivity index (χ1) is 13.2. The summed E-state index contributed by atoms with van der Waals surface area (Å²) in [6.07, 6.45) is 2.75. The molecule has 6 nitrogen and oxygen atoms in total. The van der Waals surface area contributed by atoms with Gasteiger partial charge in [-0.1, -0.05) is 41.4 Å². The molecule has 1 N–H and O–H groups in total. The quantitative estimate of drug-likeness (QED) is 0.630. The van der Waals surface area contributed by atoms with Gasteiger partial charge in [0.1, 0.15) is 5.82 Å². The molecule has 0 radical (unpaired) electrons. The molecular weight excluding hydrogens is 421 g/mol. The van der Waals surface area contributed by atoms with Crippen LogP contribution >= 0.6 is 23.2 Å². The van der Waals surface area contributed by atoms with E-state index >= 15 is 0 Å². The topological polar surface area (TPSA) is 81.1 Å². The van der Waals surface area contributed by atoms with Gasteiger partial charge in [-0.25, -0.2) is 13.1 Å². The Kier molecular flexibility index (Phi) is 6.07. The Morgan fingerprint density at radius 2 is 1.82 bits per heavy atom. The number of nitrogens with one attached hydrogen (secondary N) is 1. The highest BCUT2D eigenvalue weighted by molar-refractivity contribution is 7.89. The Morgan fingerprint density at radius 1 is 1.11 bits per heavy atom. The molecule has 0 saturated carbocycles. The third-order valence-electron chi connectivity index (χ3n) is 3.94. The summed E-state index contributed by atoms with van der Waals surface area (Å²) in [6, 6.07) is 13.3. The largest absolute Gasteiger partial charge is 0.307 e. The highest BCUT2D eigenvalue weighted by Crippen LogP contribution is 2.23. The zero-order valence-corrected chi connectivity index (χ0v) is 17.2. The summed E-state index contributed by atoms with van der Waals surface area (Å²) in [5.41, 5.74) is 1.85. The van der Waals surface area contributed by atoms with Gasteiger partial charge in [-0.15, -0.1) is 0 Å². The number of carbonyl (C=O) groups excluding carboxylic acids is 1. The summed E-state index contributed by atoms with van der Waals surface area (Å²) in [4.78, 5) is 12.5. The minimum absolute atomic E-state index is 0.0660. The lowest BCUT2D eigenvalue weighted by molar-refractivity contribution is 0.102. The first-order valence-corrected chi connectivity index (χ1v) is 11.1. The van der Waals surface area contributed by atoms with E-state index in [4.69, 9.17) is 23.2 Å². The predicted octanol–water partition coefficient (Wildman–Crippen LogP) is 4.04. The molecule has 3 aromatic rings. The van der Waals surface area contributed by atoms with E-state index in [2.05, 4.69) is 10.4 Å². The van der Waals surface area contributed by atoms with E-state index in [0.29, 0.717) is 33.5 Å². The van der Waals surface area contributed by atoms with Crippen molar-refractivity contribution < 1.29 is 13.2 Å². The van der Waals surface area contributed by atoms with Crippen molar-refractivity contribution in [1.82, 2.24) is 9.78 Å². The zero-order chi connectivity index (χ0) is 20.3. The fourth-order valence-corrected chi connectivity index (χ4v) is 3.89. The van der Waals surface area contributed by atoms with Crippen LogP contribution in [0.15, 0.2) is 54.7 Å². The van der Waals surface area contributed by atoms with Gasteiger partial charge >= 0.3 is 0 Å². The normalized spacial score (nSPS) is 11.4. The Labute approximate surface area is 173 Å². The number of carbonyl (C=O) groups is 1. The van der Waals surface area contributed by atoms with Gasteiger partial charge in [-0.2, -0.15) is 5.10 Å². The van der Waals surface area contributed by atoms with Crippen LogP contribution in [0.2, 0.25) is 10.0 Å². The van der Waals surface area contributed by atoms with E-state index in [0.717, 1.165) is 5.56 Å². The maximum Gasteiger partial charge on any atom is 0.256 e. The maximum atomic E-state index is 12.5. The summed E-state index contributed by atoms with van der Waals surface area (Å²) < 4.78 is 24.3. The van der Waals surface area contributed by atoms with Crippen molar-refractivity contribution in [3.8, 4) is 0 Å². The molecule has 0 atom stereocenters. The van der Waals surface area contributed by atoms with Crippen molar-refractivity contribution in [2.24, 2.45) is 0 Å². The third-order valence-corrected chi connectivity index (χ3v) is 5.38. The Bertz CT molecular complexity index is 1110. The highest BCUT2D eigenvalue weighted by Gasteiger charge is 2.12. The zero-order valence-electron chi connectivity index (χ0n) is 14.9. The molecule has 1 aromatic heterocycles. The lowest BCUT2D eigenvalue weighted by atomic mass is 10.1. The van der Waals surface area contributed by atoms with Crippen LogP contribution in [0, 0.1) is 0 Å². The van der Waals surface area contributed by atoms with Crippen molar-refractivity contribution in [3.05, 3.63) is 81.5 Å². The molecule has 0 bridgehead atoms. The summed E-state index contributed by atoms with van der Waals surface area (Å²) in [6.45, 7) is 0.367. The van der Waals surface area contributed by atoms with Gasteiger partial charge in [0, 0.05) is 27.9 Å². The van der Waals surface area contributed by atoms with E-state index in [9.17, 15) is 13.2 Å². The van der Waals surface area contributed by atoms with E-state index in [-0.39, 0.29) is 11.7 Å². The predicted molar refractivity (Wildman–Crippen MR) is 111 cm³/mol. The van der Waals surface area contributed by atoms with E-state index in [1.165, 1.54) is 6.26 Å². The van der Waals surface area contributed by atoms with Crippen LogP contribution in [0.5, 0.6) is 0 Å². The van der Waals surface area contributed by atoms with E-state index < -0.39 is 9.84 Å². The summed E-state index contributed by atoms with van der Waals surface area (Å²) >= 11 is 12.1. The standard InChI is InChI=1S/C19H17Cl2N3O3S/c1-28(26,27)12-13-2-4-14(5-3-13)19(25)23-18-8-9-22-24(18)11-15-6-7-16(20)10-17(15)21/h2-10H,11-12H2,1H3,(H,23,25). The molecule has 3 rings (SSSR count). The molecule has 2 aromatic carbocycles. The third kappa shape index (κ3) is 5.34. The van der Waals surface area contributed by atoms with Gasteiger partial charge in [-0.3, -0.25) is 4.79 Å². The number of hydrogen-bond donors (Lipinski definition) is 1. The molecule has 1 heterocycles. The average molecular weight is 438 g/mol. The van der Waals surface area contributed by atoms with Crippen LogP contribution in [0.3, 0.4) is 0 Å². The van der Waals surface area contributed by atoms with Crippen LogP contribution in [-0.4, -0.2) is 30.4 Å². The minimum Gasteiger partial charge on any atom is -0.307 e. The molecule has 0 aliphatic carbocycles. The minimum atomic E-state index is -3.12. The molecule has 0 spiro atoms. The van der Waals surface area contributed by atoms with Crippen LogP contribution in [-0.2, 0) is 22.1 Å². The second-order valence-electron chi connectivity index (χ2n) is 6.33. The molecule has 0 aliphatic heterocycles. The molecule has 1 amide bonds. The number of amides is 1. The number of aromatic nitrogens is 2. The molecule has 0 fully saturated rings. The molecule has 0 saturated heterocycles. The number of nitrogens with zero attached hydrogens (tertiary/aromatic N) is 2. The Balaban J connectivity index is 1.72. The number of halogens is 2. The molecule has 146 valence electrons. The fraction of sp³-hybridized carbons (Fsp3) is 0.158. The number of benzene rings is 2. The van der Waals surface area contributed by atoms with Gasteiger partial charge in [0.05, 0.1) is 18.5 Å². The first-order valence-electron chi connectivity index (χ1n) is 8.25. The highest BCUT2D eigenvalue weighted by atomic mass is 35.5. The van der Waals surface area contributed by atoms with E-state index in [1.807, 2.05) is 0 Å². The number of rotatable bonds is 6. The number of sulfone groups is 1. The maximum absolute atomic E-state index is 12.5. The Morgan fingerprint density at radius 3 is 2.46 bits per heavy atom. The van der Waals surface area contributed by atoms with Crippen LogP contribution < -0.4 is 5.32 Å². The van der Waals surface area contributed by atoms with Crippen molar-refractivity contribution >= 4 is 44.8 Å². The molecule has 28 heavy (non-hydrogen) atoms. The molecular formula is C19H17Cl2N3O3S. The molecule has 0 unspecified atom stereocenters. The smallest absolute Gasteiger partial charge is 0.256 e. The molecule has 9 heteroatoms. The van der Waals surface area contributed by atoms with Gasteiger partial charge in [0.2, 0.25) is 0 Å². The second kappa shape index (κ2) is 8.34. The van der Waals surface area contributed by atoms with Crippen LogP contribution in [0.4, 0.5) is 5.82 Å². The summed E-state index contributed by atoms with van der Waals surface area (Å²) in [5.74, 6) is 0.120. The second-order valence-corrected chi connectivity index (χ2v) is 9.31. The monoisotopic (exact) mass is 437 g/mol. The number of hydrogen-bond acceptors (Lipinski definition) is 4. The van der Waals surface area contributed by atoms with Gasteiger partial charge < -0.3 is 5.32 Å². The average Bonchev–Trinajstić information content (AvgIpc) is 3.03. The van der Waals surface area contributed by atoms with Gasteiger partial charge in [-0.05, 0) is 35.4 Å². The van der Waals surface area contributed by atoms with Crippen molar-refractivity contribution in [3.63, 3.8) is 0 Å². The summed E-state index contributed by atoms with van der Waals surface area (Å²) in [5, 5.41) is 8.08. The molecule has 0 aliphatic rings. The van der Waals surface area contributed by atoms with Gasteiger partial charge in [0.15, 0.2) is 9.84 Å². The Hall–Kier alpha value is -2.35. The lowest BCUT2D eigenvalue weighted by Gasteiger charge is -2.11.